The molecule has 0 unspecified atom stereocenters. The fourth-order valence-corrected chi connectivity index (χ4v) is 3.41. The molecule has 0 radical (unpaired) electrons. The average Bonchev–Trinajstić information content (AvgIpc) is 3.11. The number of carbonyl (C=O) groups is 2. The van der Waals surface area contributed by atoms with Gasteiger partial charge in [-0.2, -0.15) is 0 Å². The number of aliphatic hydroxyl groups is 1. The van der Waals surface area contributed by atoms with Crippen molar-refractivity contribution >= 4 is 28.7 Å². The number of hydrogen-bond donors (Lipinski definition) is 1. The number of para-hydroxylation sites is 1. The molecule has 0 fully saturated rings. The zero-order chi connectivity index (χ0) is 15.7. The first-order chi connectivity index (χ1) is 10.6. The third-order valence-electron chi connectivity index (χ3n) is 3.76. The highest BCUT2D eigenvalue weighted by Gasteiger charge is 2.50. The molecule has 0 saturated heterocycles. The lowest BCUT2D eigenvalue weighted by atomic mass is 9.89. The molecule has 1 aliphatic heterocycles. The first-order valence-electron chi connectivity index (χ1n) is 6.89. The summed E-state index contributed by atoms with van der Waals surface area (Å²) in [5.74, 6) is -0.709. The van der Waals surface area contributed by atoms with Crippen LogP contribution in [0.25, 0.3) is 0 Å². The average molecular weight is 313 g/mol. The van der Waals surface area contributed by atoms with E-state index in [0.29, 0.717) is 22.7 Å². The van der Waals surface area contributed by atoms with Crippen LogP contribution in [0.1, 0.15) is 21.7 Å². The maximum absolute atomic E-state index is 12.7. The second kappa shape index (κ2) is 5.51. The zero-order valence-corrected chi connectivity index (χ0v) is 12.7. The van der Waals surface area contributed by atoms with E-state index < -0.39 is 11.5 Å². The second-order valence-electron chi connectivity index (χ2n) is 5.16. The quantitative estimate of drug-likeness (QED) is 0.682. The lowest BCUT2D eigenvalue weighted by Crippen LogP contribution is -2.41. The van der Waals surface area contributed by atoms with Gasteiger partial charge in [-0.25, -0.2) is 0 Å². The molecule has 1 aromatic carbocycles. The highest BCUT2D eigenvalue weighted by atomic mass is 32.1. The molecule has 4 nitrogen and oxygen atoms in total. The van der Waals surface area contributed by atoms with Crippen molar-refractivity contribution in [3.63, 3.8) is 0 Å². The van der Waals surface area contributed by atoms with E-state index in [1.54, 1.807) is 47.9 Å². The number of Topliss-reactive ketones (excluding diaryl/α,β-unsaturated/α-hetero) is 1. The molecule has 1 atom stereocenters. The van der Waals surface area contributed by atoms with Crippen molar-refractivity contribution in [2.45, 2.75) is 12.0 Å². The third kappa shape index (κ3) is 2.19. The number of hydrogen-bond acceptors (Lipinski definition) is 4. The Morgan fingerprint density at radius 3 is 2.77 bits per heavy atom. The number of thiophene rings is 1. The van der Waals surface area contributed by atoms with Gasteiger partial charge in [0, 0.05) is 12.1 Å². The van der Waals surface area contributed by atoms with Gasteiger partial charge in [-0.3, -0.25) is 9.59 Å². The van der Waals surface area contributed by atoms with Crippen molar-refractivity contribution in [2.24, 2.45) is 0 Å². The minimum absolute atomic E-state index is 0.235. The Hall–Kier alpha value is -2.24. The van der Waals surface area contributed by atoms with Gasteiger partial charge in [-0.1, -0.05) is 30.3 Å². The maximum Gasteiger partial charge on any atom is 0.264 e. The summed E-state index contributed by atoms with van der Waals surface area (Å²) in [7, 11) is 0. The number of nitrogens with zero attached hydrogens (tertiary/aromatic N) is 1. The van der Waals surface area contributed by atoms with Crippen molar-refractivity contribution in [3.05, 3.63) is 64.9 Å². The fourth-order valence-electron chi connectivity index (χ4n) is 2.74. The van der Waals surface area contributed by atoms with Gasteiger partial charge in [0.05, 0.1) is 17.0 Å². The van der Waals surface area contributed by atoms with E-state index >= 15 is 0 Å². The molecule has 0 bridgehead atoms. The van der Waals surface area contributed by atoms with Crippen LogP contribution in [0.5, 0.6) is 0 Å². The Balaban J connectivity index is 2.00. The largest absolute Gasteiger partial charge is 0.375 e. The van der Waals surface area contributed by atoms with E-state index in [1.165, 1.54) is 16.2 Å². The normalized spacial score (nSPS) is 20.0. The zero-order valence-electron chi connectivity index (χ0n) is 11.9. The summed E-state index contributed by atoms with van der Waals surface area (Å²) in [5, 5.41) is 12.7. The molecule has 22 heavy (non-hydrogen) atoms. The molecule has 2 heterocycles. The fraction of sp³-hybridized carbons (Fsp3) is 0.176. The summed E-state index contributed by atoms with van der Waals surface area (Å²) < 4.78 is 0. The summed E-state index contributed by atoms with van der Waals surface area (Å²) in [6, 6.07) is 10.5. The minimum Gasteiger partial charge on any atom is -0.375 e. The Kier molecular flexibility index (Phi) is 3.68. The predicted octanol–water partition coefficient (Wildman–Crippen LogP) is 2.74. The molecular formula is C17H15NO3S. The standard InChI is InChI=1S/C17H15NO3S/c1-2-9-18-13-7-4-3-6-12(13)17(21,16(18)20)11-14(19)15-8-5-10-22-15/h2-8,10,21H,1,9,11H2/t17-/m0/s1. The molecule has 1 N–H and O–H groups in total. The second-order valence-corrected chi connectivity index (χ2v) is 6.11. The lowest BCUT2D eigenvalue weighted by molar-refractivity contribution is -0.135. The molecule has 3 rings (SSSR count). The number of anilines is 1. The van der Waals surface area contributed by atoms with Crippen molar-refractivity contribution < 1.29 is 14.7 Å². The molecule has 1 aromatic heterocycles. The van der Waals surface area contributed by atoms with E-state index in [9.17, 15) is 14.7 Å². The maximum atomic E-state index is 12.7. The van der Waals surface area contributed by atoms with Crippen molar-refractivity contribution in [1.82, 2.24) is 0 Å². The monoisotopic (exact) mass is 313 g/mol. The number of amides is 1. The molecule has 1 aliphatic rings. The van der Waals surface area contributed by atoms with E-state index in [0.717, 1.165) is 0 Å². The van der Waals surface area contributed by atoms with Gasteiger partial charge >= 0.3 is 0 Å². The molecule has 0 saturated carbocycles. The summed E-state index contributed by atoms with van der Waals surface area (Å²) >= 11 is 1.30. The van der Waals surface area contributed by atoms with Crippen LogP contribution in [-0.4, -0.2) is 23.3 Å². The molecule has 0 aliphatic carbocycles. The van der Waals surface area contributed by atoms with Crippen LogP contribution < -0.4 is 4.90 Å². The van der Waals surface area contributed by atoms with E-state index in [4.69, 9.17) is 0 Å². The summed E-state index contributed by atoms with van der Waals surface area (Å²) in [5.41, 5.74) is -0.693. The van der Waals surface area contributed by atoms with Gasteiger partial charge in [0.15, 0.2) is 11.4 Å². The predicted molar refractivity (Wildman–Crippen MR) is 86.2 cm³/mol. The van der Waals surface area contributed by atoms with E-state index in [2.05, 4.69) is 6.58 Å². The third-order valence-corrected chi connectivity index (χ3v) is 4.67. The highest BCUT2D eigenvalue weighted by Crippen LogP contribution is 2.42. The van der Waals surface area contributed by atoms with Crippen LogP contribution >= 0.6 is 11.3 Å². The highest BCUT2D eigenvalue weighted by molar-refractivity contribution is 7.12. The topological polar surface area (TPSA) is 57.6 Å². The number of rotatable bonds is 5. The number of ketones is 1. The van der Waals surface area contributed by atoms with Gasteiger partial charge in [0.25, 0.3) is 5.91 Å². The molecule has 2 aromatic rings. The van der Waals surface area contributed by atoms with E-state index in [-0.39, 0.29) is 12.2 Å². The Morgan fingerprint density at radius 2 is 2.09 bits per heavy atom. The Bertz CT molecular complexity index is 738. The summed E-state index contributed by atoms with van der Waals surface area (Å²) in [4.78, 5) is 27.0. The van der Waals surface area contributed by atoms with E-state index in [1.807, 2.05) is 0 Å². The van der Waals surface area contributed by atoms with Crippen LogP contribution in [0.2, 0.25) is 0 Å². The minimum atomic E-state index is -1.80. The number of benzene rings is 1. The molecule has 112 valence electrons. The van der Waals surface area contributed by atoms with Crippen LogP contribution in [0, 0.1) is 0 Å². The number of carbonyl (C=O) groups excluding carboxylic acids is 2. The Morgan fingerprint density at radius 1 is 1.32 bits per heavy atom. The molecular weight excluding hydrogens is 298 g/mol. The SMILES string of the molecule is C=CCN1C(=O)[C@](O)(CC(=O)c2cccs2)c2ccccc21. The molecule has 1 amide bonds. The van der Waals surface area contributed by atoms with Crippen LogP contribution in [-0.2, 0) is 10.4 Å². The van der Waals surface area contributed by atoms with Crippen LogP contribution in [0.4, 0.5) is 5.69 Å². The van der Waals surface area contributed by atoms with Crippen LogP contribution in [0.15, 0.2) is 54.4 Å². The van der Waals surface area contributed by atoms with Crippen molar-refractivity contribution in [2.75, 3.05) is 11.4 Å². The number of fused-ring (bicyclic) bond motifs is 1. The van der Waals surface area contributed by atoms with Crippen molar-refractivity contribution in [3.8, 4) is 0 Å². The molecule has 5 heteroatoms. The summed E-state index contributed by atoms with van der Waals surface area (Å²) in [6.07, 6.45) is 1.35. The van der Waals surface area contributed by atoms with Gasteiger partial charge in [-0.15, -0.1) is 17.9 Å². The van der Waals surface area contributed by atoms with Gasteiger partial charge in [-0.05, 0) is 17.5 Å². The lowest BCUT2D eigenvalue weighted by Gasteiger charge is -2.21. The smallest absolute Gasteiger partial charge is 0.264 e. The van der Waals surface area contributed by atoms with Gasteiger partial charge < -0.3 is 10.0 Å². The first kappa shape index (κ1) is 14.7. The summed E-state index contributed by atoms with van der Waals surface area (Å²) in [6.45, 7) is 3.94. The first-order valence-corrected chi connectivity index (χ1v) is 7.77. The van der Waals surface area contributed by atoms with Gasteiger partial charge in [0.1, 0.15) is 0 Å². The van der Waals surface area contributed by atoms with Gasteiger partial charge in [0.2, 0.25) is 0 Å². The molecule has 0 spiro atoms. The van der Waals surface area contributed by atoms with Crippen molar-refractivity contribution in [1.29, 1.82) is 0 Å². The Labute approximate surface area is 132 Å². The van der Waals surface area contributed by atoms with Crippen LogP contribution in [0.3, 0.4) is 0 Å².